The lowest BCUT2D eigenvalue weighted by molar-refractivity contribution is -0.123. The standard InChI is InChI=1S/C19H19ClN2O5/c20-14-3-1-12(2-4-14)10-26-17-11-27-16(9-15(17)23)19(25)22-7-5-13(6-8-22)18(21)24/h1-4,9,11,13H,5-8,10H2,(H2,21,24). The highest BCUT2D eigenvalue weighted by Crippen LogP contribution is 2.19. The van der Waals surface area contributed by atoms with Crippen molar-refractivity contribution in [1.82, 2.24) is 4.90 Å². The summed E-state index contributed by atoms with van der Waals surface area (Å²) < 4.78 is 10.8. The number of rotatable bonds is 5. The van der Waals surface area contributed by atoms with Crippen molar-refractivity contribution in [2.45, 2.75) is 19.4 Å². The van der Waals surface area contributed by atoms with E-state index in [1.165, 1.54) is 0 Å². The van der Waals surface area contributed by atoms with Gasteiger partial charge in [-0.2, -0.15) is 0 Å². The number of amides is 2. The van der Waals surface area contributed by atoms with Crippen LogP contribution in [0.1, 0.15) is 29.0 Å². The fourth-order valence-corrected chi connectivity index (χ4v) is 3.01. The van der Waals surface area contributed by atoms with Crippen LogP contribution in [0.15, 0.2) is 45.8 Å². The molecule has 0 saturated carbocycles. The molecule has 1 aliphatic heterocycles. The van der Waals surface area contributed by atoms with Gasteiger partial charge in [0, 0.05) is 30.1 Å². The molecular weight excluding hydrogens is 372 g/mol. The van der Waals surface area contributed by atoms with Crippen LogP contribution in [0.4, 0.5) is 0 Å². The zero-order valence-corrected chi connectivity index (χ0v) is 15.3. The van der Waals surface area contributed by atoms with Gasteiger partial charge < -0.3 is 19.8 Å². The van der Waals surface area contributed by atoms with Crippen molar-refractivity contribution in [3.8, 4) is 5.75 Å². The Kier molecular flexibility index (Phi) is 5.81. The molecule has 8 heteroatoms. The van der Waals surface area contributed by atoms with Gasteiger partial charge in [-0.25, -0.2) is 0 Å². The van der Waals surface area contributed by atoms with Crippen LogP contribution >= 0.6 is 11.6 Å². The van der Waals surface area contributed by atoms with Gasteiger partial charge in [0.25, 0.3) is 5.91 Å². The quantitative estimate of drug-likeness (QED) is 0.843. The van der Waals surface area contributed by atoms with Crippen molar-refractivity contribution in [2.24, 2.45) is 11.7 Å². The molecule has 1 aliphatic rings. The second-order valence-electron chi connectivity index (χ2n) is 6.36. The maximum Gasteiger partial charge on any atom is 0.289 e. The second kappa shape index (κ2) is 8.26. The van der Waals surface area contributed by atoms with Crippen LogP contribution < -0.4 is 15.9 Å². The average Bonchev–Trinajstić information content (AvgIpc) is 2.67. The van der Waals surface area contributed by atoms with E-state index < -0.39 is 5.43 Å². The fourth-order valence-electron chi connectivity index (χ4n) is 2.88. The Balaban J connectivity index is 1.62. The van der Waals surface area contributed by atoms with Crippen LogP contribution in [-0.4, -0.2) is 29.8 Å². The van der Waals surface area contributed by atoms with Crippen LogP contribution in [0, 0.1) is 5.92 Å². The first-order chi connectivity index (χ1) is 12.9. The van der Waals surface area contributed by atoms with Gasteiger partial charge in [0.15, 0.2) is 5.76 Å². The van der Waals surface area contributed by atoms with Gasteiger partial charge in [0.2, 0.25) is 17.1 Å². The summed E-state index contributed by atoms with van der Waals surface area (Å²) in [5.74, 6) is -0.995. The third kappa shape index (κ3) is 4.68. The minimum Gasteiger partial charge on any atom is -0.482 e. The van der Waals surface area contributed by atoms with Crippen molar-refractivity contribution >= 4 is 23.4 Å². The monoisotopic (exact) mass is 390 g/mol. The van der Waals surface area contributed by atoms with Crippen LogP contribution in [0.5, 0.6) is 5.75 Å². The number of piperidine rings is 1. The molecule has 1 fully saturated rings. The summed E-state index contributed by atoms with van der Waals surface area (Å²) in [7, 11) is 0. The number of hydrogen-bond acceptors (Lipinski definition) is 5. The molecule has 1 aromatic heterocycles. The number of benzene rings is 1. The molecule has 0 spiro atoms. The predicted molar refractivity (Wildman–Crippen MR) is 98.6 cm³/mol. The van der Waals surface area contributed by atoms with Crippen LogP contribution in [-0.2, 0) is 11.4 Å². The summed E-state index contributed by atoms with van der Waals surface area (Å²) in [6.45, 7) is 0.964. The molecule has 2 amide bonds. The first-order valence-electron chi connectivity index (χ1n) is 8.52. The normalized spacial score (nSPS) is 14.8. The number of primary amides is 1. The highest BCUT2D eigenvalue weighted by Gasteiger charge is 2.27. The summed E-state index contributed by atoms with van der Waals surface area (Å²) >= 11 is 5.82. The molecule has 2 aromatic rings. The van der Waals surface area contributed by atoms with Gasteiger partial charge in [-0.05, 0) is 30.5 Å². The van der Waals surface area contributed by atoms with Crippen molar-refractivity contribution in [1.29, 1.82) is 0 Å². The number of carbonyl (C=O) groups excluding carboxylic acids is 2. The minimum atomic E-state index is -0.439. The van der Waals surface area contributed by atoms with Crippen molar-refractivity contribution in [3.63, 3.8) is 0 Å². The average molecular weight is 391 g/mol. The van der Waals surface area contributed by atoms with Gasteiger partial charge >= 0.3 is 0 Å². The zero-order chi connectivity index (χ0) is 19.4. The maximum absolute atomic E-state index is 12.5. The second-order valence-corrected chi connectivity index (χ2v) is 6.79. The van der Waals surface area contributed by atoms with E-state index in [0.717, 1.165) is 17.9 Å². The molecule has 0 atom stereocenters. The van der Waals surface area contributed by atoms with Gasteiger partial charge in [0.1, 0.15) is 12.9 Å². The predicted octanol–water partition coefficient (Wildman–Crippen LogP) is 2.21. The Morgan fingerprint density at radius 1 is 1.22 bits per heavy atom. The molecule has 27 heavy (non-hydrogen) atoms. The van der Waals surface area contributed by atoms with E-state index in [9.17, 15) is 14.4 Å². The lowest BCUT2D eigenvalue weighted by Crippen LogP contribution is -2.41. The summed E-state index contributed by atoms with van der Waals surface area (Å²) in [6, 6.07) is 8.16. The Morgan fingerprint density at radius 3 is 2.48 bits per heavy atom. The zero-order valence-electron chi connectivity index (χ0n) is 14.5. The van der Waals surface area contributed by atoms with Gasteiger partial charge in [-0.3, -0.25) is 14.4 Å². The molecule has 0 aliphatic carbocycles. The van der Waals surface area contributed by atoms with Crippen molar-refractivity contribution in [3.05, 3.63) is 63.2 Å². The lowest BCUT2D eigenvalue weighted by atomic mass is 9.96. The van der Waals surface area contributed by atoms with Crippen LogP contribution in [0.25, 0.3) is 0 Å². The van der Waals surface area contributed by atoms with Crippen LogP contribution in [0.3, 0.4) is 0 Å². The van der Waals surface area contributed by atoms with E-state index in [2.05, 4.69) is 0 Å². The lowest BCUT2D eigenvalue weighted by Gasteiger charge is -2.30. The topological polar surface area (TPSA) is 103 Å². The highest BCUT2D eigenvalue weighted by atomic mass is 35.5. The highest BCUT2D eigenvalue weighted by molar-refractivity contribution is 6.30. The SMILES string of the molecule is NC(=O)C1CCN(C(=O)c2cc(=O)c(OCc3ccc(Cl)cc3)co2)CC1. The van der Waals surface area contributed by atoms with Gasteiger partial charge in [-0.15, -0.1) is 0 Å². The molecule has 1 aromatic carbocycles. The van der Waals surface area contributed by atoms with Crippen molar-refractivity contribution in [2.75, 3.05) is 13.1 Å². The molecule has 2 N–H and O–H groups in total. The third-order valence-corrected chi connectivity index (χ3v) is 4.75. The van der Waals surface area contributed by atoms with E-state index >= 15 is 0 Å². The Morgan fingerprint density at radius 2 is 1.89 bits per heavy atom. The van der Waals surface area contributed by atoms with Gasteiger partial charge in [0.05, 0.1) is 0 Å². The Bertz CT molecular complexity index is 886. The Hall–Kier alpha value is -2.80. The molecule has 0 bridgehead atoms. The number of likely N-dealkylation sites (tertiary alicyclic amines) is 1. The summed E-state index contributed by atoms with van der Waals surface area (Å²) in [5, 5.41) is 0.612. The largest absolute Gasteiger partial charge is 0.482 e. The molecule has 3 rings (SSSR count). The number of nitrogens with zero attached hydrogens (tertiary/aromatic N) is 1. The summed E-state index contributed by atoms with van der Waals surface area (Å²) in [6.07, 6.45) is 2.16. The number of halogens is 1. The third-order valence-electron chi connectivity index (χ3n) is 4.50. The van der Waals surface area contributed by atoms with E-state index in [0.29, 0.717) is 31.0 Å². The summed E-state index contributed by atoms with van der Waals surface area (Å²) in [5.41, 5.74) is 5.70. The van der Waals surface area contributed by atoms with E-state index in [-0.39, 0.29) is 35.8 Å². The molecule has 0 radical (unpaired) electrons. The number of nitrogens with two attached hydrogens (primary N) is 1. The van der Waals surface area contributed by atoms with Crippen molar-refractivity contribution < 1.29 is 18.7 Å². The molecular formula is C19H19ClN2O5. The molecule has 142 valence electrons. The molecule has 1 saturated heterocycles. The minimum absolute atomic E-state index is 0.0222. The fraction of sp³-hybridized carbons (Fsp3) is 0.316. The molecule has 7 nitrogen and oxygen atoms in total. The van der Waals surface area contributed by atoms with Crippen LogP contribution in [0.2, 0.25) is 5.02 Å². The number of ether oxygens (including phenoxy) is 1. The first kappa shape index (κ1) is 19.0. The first-order valence-corrected chi connectivity index (χ1v) is 8.90. The Labute approximate surface area is 160 Å². The number of hydrogen-bond donors (Lipinski definition) is 1. The number of carbonyl (C=O) groups is 2. The van der Waals surface area contributed by atoms with E-state index in [1.807, 2.05) is 0 Å². The van der Waals surface area contributed by atoms with E-state index in [1.54, 1.807) is 29.2 Å². The summed E-state index contributed by atoms with van der Waals surface area (Å²) in [4.78, 5) is 37.4. The maximum atomic E-state index is 12.5. The smallest absolute Gasteiger partial charge is 0.289 e. The molecule has 2 heterocycles. The molecule has 0 unspecified atom stereocenters. The van der Waals surface area contributed by atoms with Gasteiger partial charge in [-0.1, -0.05) is 23.7 Å². The van der Waals surface area contributed by atoms with E-state index in [4.69, 9.17) is 26.5 Å².